The maximum atomic E-state index is 9.79. The summed E-state index contributed by atoms with van der Waals surface area (Å²) in [6.45, 7) is 3.81. The monoisotopic (exact) mass is 371 g/mol. The van der Waals surface area contributed by atoms with Crippen molar-refractivity contribution in [1.29, 1.82) is 0 Å². The van der Waals surface area contributed by atoms with Gasteiger partial charge in [-0.2, -0.15) is 0 Å². The summed E-state index contributed by atoms with van der Waals surface area (Å²) in [5.41, 5.74) is 1.17. The van der Waals surface area contributed by atoms with Crippen molar-refractivity contribution in [2.24, 2.45) is 0 Å². The summed E-state index contributed by atoms with van der Waals surface area (Å²) < 4.78 is 0.362. The number of quaternary nitrogens is 1. The van der Waals surface area contributed by atoms with Gasteiger partial charge in [0.2, 0.25) is 0 Å². The van der Waals surface area contributed by atoms with E-state index in [1.807, 2.05) is 18.2 Å². The van der Waals surface area contributed by atoms with Gasteiger partial charge in [0.25, 0.3) is 0 Å². The predicted octanol–water partition coefficient (Wildman–Crippen LogP) is 1.83. The van der Waals surface area contributed by atoms with Gasteiger partial charge in [0.1, 0.15) is 6.54 Å². The van der Waals surface area contributed by atoms with Crippen LogP contribution in [0.2, 0.25) is 0 Å². The molecule has 0 aromatic heterocycles. The third-order valence-corrected chi connectivity index (χ3v) is 4.95. The van der Waals surface area contributed by atoms with Gasteiger partial charge < -0.3 is 22.6 Å². The number of hydrogen-bond acceptors (Lipinski definition) is 2. The van der Waals surface area contributed by atoms with Crippen LogP contribution in [-0.4, -0.2) is 34.7 Å². The molecule has 0 spiro atoms. The van der Waals surface area contributed by atoms with Gasteiger partial charge in [-0.25, -0.2) is 0 Å². The van der Waals surface area contributed by atoms with Crippen molar-refractivity contribution in [3.05, 3.63) is 35.9 Å². The van der Waals surface area contributed by atoms with Crippen LogP contribution >= 0.6 is 0 Å². The number of aliphatic hydroxyl groups is 2. The van der Waals surface area contributed by atoms with E-state index in [-0.39, 0.29) is 25.9 Å². The molecule has 0 bridgehead atoms. The van der Waals surface area contributed by atoms with Gasteiger partial charge in [-0.05, 0) is 12.8 Å². The van der Waals surface area contributed by atoms with E-state index in [2.05, 4.69) is 19.1 Å². The fourth-order valence-electron chi connectivity index (χ4n) is 3.27. The van der Waals surface area contributed by atoms with Crippen LogP contribution in [-0.2, 0) is 6.54 Å². The highest BCUT2D eigenvalue weighted by molar-refractivity contribution is 5.13. The third kappa shape index (κ3) is 10.9. The van der Waals surface area contributed by atoms with Crippen molar-refractivity contribution in [2.75, 3.05) is 20.0 Å². The Balaban J connectivity index is 0.00000576. The Morgan fingerprint density at radius 1 is 0.720 bits per heavy atom. The van der Waals surface area contributed by atoms with Gasteiger partial charge in [0.15, 0.2) is 13.5 Å². The lowest BCUT2D eigenvalue weighted by Gasteiger charge is -2.34. The van der Waals surface area contributed by atoms with Gasteiger partial charge in [-0.3, -0.25) is 4.48 Å². The molecule has 25 heavy (non-hydrogen) atoms. The van der Waals surface area contributed by atoms with E-state index in [1.54, 1.807) is 0 Å². The summed E-state index contributed by atoms with van der Waals surface area (Å²) in [6.07, 6.45) is 13.1. The average molecular weight is 372 g/mol. The molecule has 0 aliphatic rings. The minimum absolute atomic E-state index is 0. The summed E-state index contributed by atoms with van der Waals surface area (Å²) in [6, 6.07) is 10.2. The van der Waals surface area contributed by atoms with Crippen LogP contribution in [0.4, 0.5) is 0 Å². The molecule has 0 saturated heterocycles. The zero-order valence-electron chi connectivity index (χ0n) is 16.0. The fraction of sp³-hybridized carbons (Fsp3) is 0.714. The molecule has 1 rings (SSSR count). The van der Waals surface area contributed by atoms with E-state index in [9.17, 15) is 10.2 Å². The van der Waals surface area contributed by atoms with Gasteiger partial charge in [-0.1, -0.05) is 88.6 Å². The largest absolute Gasteiger partial charge is 1.00 e. The molecule has 1 aromatic carbocycles. The minimum Gasteiger partial charge on any atom is -1.00 e. The van der Waals surface area contributed by atoms with E-state index in [0.29, 0.717) is 11.0 Å². The van der Waals surface area contributed by atoms with E-state index < -0.39 is 0 Å². The number of benzene rings is 1. The fourth-order valence-corrected chi connectivity index (χ4v) is 3.27. The maximum Gasteiger partial charge on any atom is 0.182 e. The number of unbranched alkanes of at least 4 members (excludes halogenated alkanes) is 9. The van der Waals surface area contributed by atoms with Crippen molar-refractivity contribution in [2.45, 2.75) is 77.7 Å². The number of hydrogen-bond donors (Lipinski definition) is 2. The van der Waals surface area contributed by atoms with E-state index in [4.69, 9.17) is 0 Å². The lowest BCUT2D eigenvalue weighted by Crippen LogP contribution is -3.00. The molecule has 146 valence electrons. The summed E-state index contributed by atoms with van der Waals surface area (Å²) in [5.74, 6) is 0. The zero-order valence-corrected chi connectivity index (χ0v) is 16.8. The van der Waals surface area contributed by atoms with Crippen LogP contribution in [0.15, 0.2) is 30.3 Å². The standard InChI is InChI=1S/C21H38NO2.ClH/c1-2-3-4-5-6-7-8-9-10-14-17-22(19-23,20-24)18-21-15-12-11-13-16-21;/h11-13,15-16,23-24H,2-10,14,17-20H2,1H3;1H/q+1;/p-1. The quantitative estimate of drug-likeness (QED) is 0.280. The molecular weight excluding hydrogens is 334 g/mol. The van der Waals surface area contributed by atoms with Gasteiger partial charge in [-0.15, -0.1) is 0 Å². The Morgan fingerprint density at radius 2 is 1.20 bits per heavy atom. The molecule has 2 N–H and O–H groups in total. The van der Waals surface area contributed by atoms with Crippen LogP contribution in [0.1, 0.15) is 76.7 Å². The van der Waals surface area contributed by atoms with E-state index >= 15 is 0 Å². The summed E-state index contributed by atoms with van der Waals surface area (Å²) in [5, 5.41) is 19.6. The number of rotatable bonds is 15. The second-order valence-electron chi connectivity index (χ2n) is 7.17. The van der Waals surface area contributed by atoms with Crippen LogP contribution in [0, 0.1) is 0 Å². The lowest BCUT2D eigenvalue weighted by molar-refractivity contribution is -0.973. The first kappa shape index (κ1) is 24.4. The second kappa shape index (κ2) is 15.6. The SMILES string of the molecule is CCCCCCCCCCCC[N+](CO)(CO)Cc1ccccc1.[Cl-]. The third-order valence-electron chi connectivity index (χ3n) is 4.95. The first-order valence-electron chi connectivity index (χ1n) is 9.87. The van der Waals surface area contributed by atoms with Crippen LogP contribution < -0.4 is 12.4 Å². The predicted molar refractivity (Wildman–Crippen MR) is 101 cm³/mol. The van der Waals surface area contributed by atoms with Crippen molar-refractivity contribution in [3.8, 4) is 0 Å². The Kier molecular flexibility index (Phi) is 15.2. The second-order valence-corrected chi connectivity index (χ2v) is 7.17. The Morgan fingerprint density at radius 3 is 1.68 bits per heavy atom. The Labute approximate surface area is 161 Å². The first-order chi connectivity index (χ1) is 11.8. The summed E-state index contributed by atoms with van der Waals surface area (Å²) in [7, 11) is 0. The van der Waals surface area contributed by atoms with E-state index in [0.717, 1.165) is 13.0 Å². The summed E-state index contributed by atoms with van der Waals surface area (Å²) >= 11 is 0. The molecule has 0 atom stereocenters. The van der Waals surface area contributed by atoms with Crippen molar-refractivity contribution >= 4 is 0 Å². The summed E-state index contributed by atoms with van der Waals surface area (Å²) in [4.78, 5) is 0. The smallest absolute Gasteiger partial charge is 0.182 e. The van der Waals surface area contributed by atoms with Crippen molar-refractivity contribution in [3.63, 3.8) is 0 Å². The first-order valence-corrected chi connectivity index (χ1v) is 9.87. The number of nitrogens with zero attached hydrogens (tertiary/aromatic N) is 1. The molecule has 0 heterocycles. The van der Waals surface area contributed by atoms with Crippen LogP contribution in [0.3, 0.4) is 0 Å². The lowest BCUT2D eigenvalue weighted by atomic mass is 10.1. The van der Waals surface area contributed by atoms with Crippen molar-refractivity contribution in [1.82, 2.24) is 0 Å². The van der Waals surface area contributed by atoms with Gasteiger partial charge >= 0.3 is 0 Å². The van der Waals surface area contributed by atoms with Crippen LogP contribution in [0.25, 0.3) is 0 Å². The van der Waals surface area contributed by atoms with Crippen LogP contribution in [0.5, 0.6) is 0 Å². The highest BCUT2D eigenvalue weighted by atomic mass is 35.5. The number of halogens is 1. The van der Waals surface area contributed by atoms with Crippen molar-refractivity contribution < 1.29 is 27.1 Å². The zero-order chi connectivity index (χ0) is 17.5. The van der Waals surface area contributed by atoms with Gasteiger partial charge in [0, 0.05) is 5.56 Å². The number of aliphatic hydroxyl groups excluding tert-OH is 2. The molecule has 0 aliphatic carbocycles. The maximum absolute atomic E-state index is 9.79. The molecule has 0 aliphatic heterocycles. The molecule has 0 saturated carbocycles. The minimum atomic E-state index is 0. The highest BCUT2D eigenvalue weighted by Crippen LogP contribution is 2.16. The molecule has 0 unspecified atom stereocenters. The molecule has 4 heteroatoms. The Bertz CT molecular complexity index is 396. The molecule has 1 aromatic rings. The normalized spacial score (nSPS) is 11.3. The topological polar surface area (TPSA) is 40.5 Å². The molecular formula is C21H38ClNO2. The van der Waals surface area contributed by atoms with Gasteiger partial charge in [0.05, 0.1) is 6.54 Å². The van der Waals surface area contributed by atoms with E-state index in [1.165, 1.54) is 63.4 Å². The molecule has 0 radical (unpaired) electrons. The molecule has 0 fully saturated rings. The average Bonchev–Trinajstić information content (AvgIpc) is 2.63. The molecule has 3 nitrogen and oxygen atoms in total. The Hall–Kier alpha value is -0.610. The molecule has 0 amide bonds. The highest BCUT2D eigenvalue weighted by Gasteiger charge is 2.25.